The fraction of sp³-hybridized carbons (Fsp3) is 0.308. The van der Waals surface area contributed by atoms with E-state index in [0.717, 1.165) is 9.80 Å². The van der Waals surface area contributed by atoms with Crippen molar-refractivity contribution in [3.8, 4) is 0 Å². The summed E-state index contributed by atoms with van der Waals surface area (Å²) in [5.74, 6) is -1.13. The highest BCUT2D eigenvalue weighted by Gasteiger charge is 2.48. The maximum atomic E-state index is 13.6. The molecule has 0 aliphatic carbocycles. The number of hydrogen-bond acceptors (Lipinski definition) is 6. The Kier molecular flexibility index (Phi) is 5.35. The zero-order valence-electron chi connectivity index (χ0n) is 20.0. The number of ether oxygens (including phenoxy) is 2. The van der Waals surface area contributed by atoms with Crippen LogP contribution in [0.15, 0.2) is 59.9 Å². The number of carbonyl (C=O) groups is 4. The molecule has 0 saturated heterocycles. The lowest BCUT2D eigenvalue weighted by Crippen LogP contribution is -2.40. The third-order valence-electron chi connectivity index (χ3n) is 5.03. The minimum atomic E-state index is -0.860. The van der Waals surface area contributed by atoms with E-state index in [1.165, 1.54) is 0 Å². The topological polar surface area (TPSA) is 93.2 Å². The number of nitrogens with zero attached hydrogens (tertiary/aromatic N) is 2. The Morgan fingerprint density at radius 1 is 0.618 bits per heavy atom. The maximum Gasteiger partial charge on any atom is 0.419 e. The van der Waals surface area contributed by atoms with Crippen molar-refractivity contribution in [3.63, 3.8) is 0 Å². The average Bonchev–Trinajstić information content (AvgIpc) is 3.17. The van der Waals surface area contributed by atoms with Crippen LogP contribution >= 0.6 is 0 Å². The van der Waals surface area contributed by atoms with Gasteiger partial charge in [0.2, 0.25) is 11.6 Å². The molecule has 4 rings (SSSR count). The summed E-state index contributed by atoms with van der Waals surface area (Å²) in [4.78, 5) is 55.9. The standard InChI is InChI=1S/C26H26N2O6/c1-25(2,3)33-23(31)27-17-13-9-7-11-15(17)21(29)19(27)20-22(30)16-12-8-10-14-18(16)28(20)24(32)34-26(4,5)6/h7-14H,1-6H3. The molecule has 0 unspecified atom stereocenters. The molecule has 0 N–H and O–H groups in total. The first-order chi connectivity index (χ1) is 15.8. The van der Waals surface area contributed by atoms with Crippen molar-refractivity contribution in [2.24, 2.45) is 0 Å². The van der Waals surface area contributed by atoms with Crippen LogP contribution in [-0.4, -0.2) is 35.0 Å². The van der Waals surface area contributed by atoms with Crippen molar-refractivity contribution < 1.29 is 28.7 Å². The molecule has 2 aliphatic rings. The molecule has 2 aliphatic heterocycles. The van der Waals surface area contributed by atoms with Crippen molar-refractivity contribution in [2.75, 3.05) is 9.80 Å². The molecule has 0 radical (unpaired) electrons. The average molecular weight is 463 g/mol. The van der Waals surface area contributed by atoms with Gasteiger partial charge in [0.25, 0.3) is 0 Å². The van der Waals surface area contributed by atoms with Gasteiger partial charge in [-0.25, -0.2) is 19.4 Å². The number of fused-ring (bicyclic) bond motifs is 2. The predicted molar refractivity (Wildman–Crippen MR) is 126 cm³/mol. The fourth-order valence-electron chi connectivity index (χ4n) is 3.84. The lowest BCUT2D eigenvalue weighted by atomic mass is 10.1. The van der Waals surface area contributed by atoms with Crippen LogP contribution in [0, 0.1) is 0 Å². The van der Waals surface area contributed by atoms with E-state index in [4.69, 9.17) is 9.47 Å². The smallest absolute Gasteiger partial charge is 0.419 e. The van der Waals surface area contributed by atoms with Gasteiger partial charge in [0.05, 0.1) is 11.4 Å². The molecule has 8 heteroatoms. The van der Waals surface area contributed by atoms with E-state index in [1.807, 2.05) is 0 Å². The van der Waals surface area contributed by atoms with Crippen molar-refractivity contribution in [1.82, 2.24) is 0 Å². The number of amides is 2. The first kappa shape index (κ1) is 23.2. The SMILES string of the molecule is CC(C)(C)OC(=O)N1C(=C2C(=O)c3ccccc3N2C(=O)OC(C)(C)C)C(=O)c2ccccc21. The molecule has 2 aromatic carbocycles. The summed E-state index contributed by atoms with van der Waals surface area (Å²) in [7, 11) is 0. The van der Waals surface area contributed by atoms with E-state index in [1.54, 1.807) is 90.1 Å². The number of hydrogen-bond donors (Lipinski definition) is 0. The fourth-order valence-corrected chi connectivity index (χ4v) is 3.84. The zero-order chi connectivity index (χ0) is 25.0. The van der Waals surface area contributed by atoms with Crippen LogP contribution in [0.2, 0.25) is 0 Å². The molecule has 0 saturated carbocycles. The summed E-state index contributed by atoms with van der Waals surface area (Å²) in [5, 5.41) is 0. The molecule has 0 fully saturated rings. The van der Waals surface area contributed by atoms with Crippen molar-refractivity contribution >= 4 is 35.1 Å². The Hall–Kier alpha value is -3.94. The summed E-state index contributed by atoms with van der Waals surface area (Å²) in [5.41, 5.74) is -1.21. The molecule has 8 nitrogen and oxygen atoms in total. The van der Waals surface area contributed by atoms with Gasteiger partial charge in [0.1, 0.15) is 22.6 Å². The molecular formula is C26H26N2O6. The molecule has 2 aromatic rings. The molecule has 0 bridgehead atoms. The number of allylic oxidation sites excluding steroid dienone is 2. The predicted octanol–water partition coefficient (Wildman–Crippen LogP) is 5.47. The van der Waals surface area contributed by atoms with E-state index in [-0.39, 0.29) is 33.9 Å². The second kappa shape index (κ2) is 7.83. The molecule has 2 heterocycles. The van der Waals surface area contributed by atoms with E-state index in [0.29, 0.717) is 0 Å². The second-order valence-corrected chi connectivity index (χ2v) is 10.0. The lowest BCUT2D eigenvalue weighted by molar-refractivity contribution is 0.0571. The molecule has 176 valence electrons. The third-order valence-corrected chi connectivity index (χ3v) is 5.03. The highest BCUT2D eigenvalue weighted by molar-refractivity contribution is 6.33. The number of carbonyl (C=O) groups excluding carboxylic acids is 4. The molecule has 2 amide bonds. The summed E-state index contributed by atoms with van der Waals surface area (Å²) in [6, 6.07) is 13.0. The highest BCUT2D eigenvalue weighted by atomic mass is 16.6. The van der Waals surface area contributed by atoms with E-state index < -0.39 is 35.0 Å². The number of rotatable bonds is 0. The number of anilines is 2. The Labute approximate surface area is 197 Å². The summed E-state index contributed by atoms with van der Waals surface area (Å²) < 4.78 is 11.1. The minimum absolute atomic E-state index is 0.226. The van der Waals surface area contributed by atoms with Gasteiger partial charge in [-0.05, 0) is 65.8 Å². The summed E-state index contributed by atoms with van der Waals surface area (Å²) in [6.45, 7) is 10.2. The van der Waals surface area contributed by atoms with Crippen molar-refractivity contribution in [2.45, 2.75) is 52.7 Å². The number of para-hydroxylation sites is 2. The van der Waals surface area contributed by atoms with Crippen LogP contribution in [0.3, 0.4) is 0 Å². The van der Waals surface area contributed by atoms with Gasteiger partial charge in [-0.1, -0.05) is 24.3 Å². The Balaban J connectivity index is 1.97. The number of benzene rings is 2. The largest absolute Gasteiger partial charge is 0.443 e. The zero-order valence-corrected chi connectivity index (χ0v) is 20.0. The van der Waals surface area contributed by atoms with E-state index in [2.05, 4.69) is 0 Å². The second-order valence-electron chi connectivity index (χ2n) is 10.0. The molecule has 0 spiro atoms. The van der Waals surface area contributed by atoms with Gasteiger partial charge < -0.3 is 9.47 Å². The van der Waals surface area contributed by atoms with E-state index in [9.17, 15) is 19.2 Å². The third kappa shape index (κ3) is 3.96. The molecule has 0 atom stereocenters. The monoisotopic (exact) mass is 462 g/mol. The molecule has 34 heavy (non-hydrogen) atoms. The van der Waals surface area contributed by atoms with Crippen LogP contribution in [0.5, 0.6) is 0 Å². The first-order valence-corrected chi connectivity index (χ1v) is 10.9. The normalized spacial score (nSPS) is 17.6. The maximum absolute atomic E-state index is 13.6. The number of Topliss-reactive ketones (excluding diaryl/α,β-unsaturated/α-hetero) is 2. The van der Waals surface area contributed by atoms with Gasteiger partial charge in [-0.2, -0.15) is 0 Å². The minimum Gasteiger partial charge on any atom is -0.443 e. The van der Waals surface area contributed by atoms with Crippen LogP contribution in [0.1, 0.15) is 62.3 Å². The highest BCUT2D eigenvalue weighted by Crippen LogP contribution is 2.43. The van der Waals surface area contributed by atoms with Gasteiger partial charge in [0, 0.05) is 11.1 Å². The number of ketones is 2. The Morgan fingerprint density at radius 3 is 1.26 bits per heavy atom. The van der Waals surface area contributed by atoms with Crippen molar-refractivity contribution in [1.29, 1.82) is 0 Å². The van der Waals surface area contributed by atoms with Gasteiger partial charge >= 0.3 is 12.2 Å². The van der Waals surface area contributed by atoms with Crippen LogP contribution in [0.4, 0.5) is 21.0 Å². The Bertz CT molecular complexity index is 1170. The quantitative estimate of drug-likeness (QED) is 0.482. The summed E-state index contributed by atoms with van der Waals surface area (Å²) in [6.07, 6.45) is -1.66. The summed E-state index contributed by atoms with van der Waals surface area (Å²) >= 11 is 0. The van der Waals surface area contributed by atoms with Crippen molar-refractivity contribution in [3.05, 3.63) is 71.1 Å². The molecular weight excluding hydrogens is 436 g/mol. The molecule has 0 aromatic heterocycles. The lowest BCUT2D eigenvalue weighted by Gasteiger charge is -2.28. The van der Waals surface area contributed by atoms with Gasteiger partial charge in [-0.15, -0.1) is 0 Å². The van der Waals surface area contributed by atoms with E-state index >= 15 is 0 Å². The first-order valence-electron chi connectivity index (χ1n) is 10.9. The van der Waals surface area contributed by atoms with Gasteiger partial charge in [-0.3, -0.25) is 9.59 Å². The van der Waals surface area contributed by atoms with Crippen LogP contribution in [0.25, 0.3) is 0 Å². The van der Waals surface area contributed by atoms with Crippen LogP contribution < -0.4 is 9.80 Å². The van der Waals surface area contributed by atoms with Gasteiger partial charge in [0.15, 0.2) is 0 Å². The van der Waals surface area contributed by atoms with Crippen LogP contribution in [-0.2, 0) is 9.47 Å². The Morgan fingerprint density at radius 2 is 0.941 bits per heavy atom.